The van der Waals surface area contributed by atoms with E-state index in [1.165, 1.54) is 19.3 Å². The summed E-state index contributed by atoms with van der Waals surface area (Å²) >= 11 is 0.446. The van der Waals surface area contributed by atoms with Gasteiger partial charge >= 0.3 is 87.7 Å². The molecule has 1 nitrogen and oxygen atoms in total. The Morgan fingerprint density at radius 2 is 1.64 bits per heavy atom. The fourth-order valence-corrected chi connectivity index (χ4v) is 4.19. The van der Waals surface area contributed by atoms with Crippen LogP contribution in [0.1, 0.15) is 0 Å². The Bertz CT molecular complexity index is 610. The molecule has 3 rings (SSSR count). The Balaban J connectivity index is 2.65. The third kappa shape index (κ3) is 1.02. The molecule has 0 aliphatic carbocycles. The second-order valence-electron chi connectivity index (χ2n) is 3.32. The van der Waals surface area contributed by atoms with Gasteiger partial charge in [0.1, 0.15) is 0 Å². The maximum absolute atomic E-state index is 6.00. The van der Waals surface area contributed by atoms with Crippen molar-refractivity contribution in [1.29, 1.82) is 0 Å². The van der Waals surface area contributed by atoms with Crippen LogP contribution in [0.2, 0.25) is 0 Å². The van der Waals surface area contributed by atoms with Crippen LogP contribution in [0, 0.1) is 0 Å². The van der Waals surface area contributed by atoms with Gasteiger partial charge in [0.05, 0.1) is 0 Å². The molecule has 0 atom stereocenters. The van der Waals surface area contributed by atoms with Gasteiger partial charge in [0.2, 0.25) is 0 Å². The molecule has 1 aromatic heterocycles. The van der Waals surface area contributed by atoms with Crippen molar-refractivity contribution in [2.75, 3.05) is 5.73 Å². The average molecular weight is 246 g/mol. The molecule has 0 fully saturated rings. The maximum atomic E-state index is 6.00. The molecular formula is C12H9NSe. The van der Waals surface area contributed by atoms with Crippen molar-refractivity contribution in [1.82, 2.24) is 0 Å². The van der Waals surface area contributed by atoms with Crippen LogP contribution in [0.3, 0.4) is 0 Å². The zero-order chi connectivity index (χ0) is 9.54. The molecule has 0 aliphatic heterocycles. The van der Waals surface area contributed by atoms with E-state index in [9.17, 15) is 0 Å². The SMILES string of the molecule is Nc1cccc2[se]c3ccccc3c12. The van der Waals surface area contributed by atoms with E-state index in [0.717, 1.165) is 5.69 Å². The van der Waals surface area contributed by atoms with Gasteiger partial charge in [-0.3, -0.25) is 0 Å². The van der Waals surface area contributed by atoms with Crippen LogP contribution in [0.25, 0.3) is 19.3 Å². The van der Waals surface area contributed by atoms with Gasteiger partial charge in [-0.15, -0.1) is 0 Å². The van der Waals surface area contributed by atoms with E-state index in [4.69, 9.17) is 5.73 Å². The van der Waals surface area contributed by atoms with Gasteiger partial charge in [-0.2, -0.15) is 0 Å². The molecule has 0 amide bonds. The number of nitrogen functional groups attached to an aromatic ring is 1. The van der Waals surface area contributed by atoms with E-state index in [0.29, 0.717) is 14.5 Å². The first-order valence-corrected chi connectivity index (χ1v) is 6.23. The molecule has 1 heterocycles. The van der Waals surface area contributed by atoms with Crippen molar-refractivity contribution in [3.63, 3.8) is 0 Å². The monoisotopic (exact) mass is 247 g/mol. The minimum atomic E-state index is 0.446. The van der Waals surface area contributed by atoms with Crippen molar-refractivity contribution >= 4 is 39.5 Å². The number of anilines is 1. The third-order valence-electron chi connectivity index (χ3n) is 2.43. The van der Waals surface area contributed by atoms with Gasteiger partial charge < -0.3 is 0 Å². The Hall–Kier alpha value is -1.24. The van der Waals surface area contributed by atoms with Crippen LogP contribution in [-0.2, 0) is 0 Å². The van der Waals surface area contributed by atoms with E-state index in [2.05, 4.69) is 30.3 Å². The van der Waals surface area contributed by atoms with E-state index < -0.39 is 0 Å². The first-order chi connectivity index (χ1) is 6.86. The van der Waals surface area contributed by atoms with Gasteiger partial charge in [-0.05, 0) is 0 Å². The third-order valence-corrected chi connectivity index (χ3v) is 4.82. The quantitative estimate of drug-likeness (QED) is 0.479. The molecule has 14 heavy (non-hydrogen) atoms. The van der Waals surface area contributed by atoms with Crippen molar-refractivity contribution < 1.29 is 0 Å². The topological polar surface area (TPSA) is 26.0 Å². The van der Waals surface area contributed by atoms with Gasteiger partial charge in [-0.1, -0.05) is 0 Å². The van der Waals surface area contributed by atoms with Crippen molar-refractivity contribution in [3.8, 4) is 0 Å². The number of hydrogen-bond acceptors (Lipinski definition) is 1. The number of fused-ring (bicyclic) bond motifs is 3. The molecule has 0 radical (unpaired) electrons. The fraction of sp³-hybridized carbons (Fsp3) is 0. The molecule has 68 valence electrons. The van der Waals surface area contributed by atoms with Crippen LogP contribution in [0.15, 0.2) is 42.5 Å². The van der Waals surface area contributed by atoms with E-state index >= 15 is 0 Å². The van der Waals surface area contributed by atoms with E-state index in [1.54, 1.807) is 0 Å². The summed E-state index contributed by atoms with van der Waals surface area (Å²) < 4.78 is 2.87. The number of benzene rings is 2. The minimum absolute atomic E-state index is 0.446. The Labute approximate surface area is 87.9 Å². The molecule has 0 saturated heterocycles. The second-order valence-corrected chi connectivity index (χ2v) is 5.59. The van der Waals surface area contributed by atoms with Crippen molar-refractivity contribution in [2.45, 2.75) is 0 Å². The van der Waals surface area contributed by atoms with Gasteiger partial charge in [0.25, 0.3) is 0 Å². The number of nitrogens with two attached hydrogens (primary N) is 1. The molecule has 3 aromatic rings. The molecule has 0 aliphatic rings. The summed E-state index contributed by atoms with van der Waals surface area (Å²) in [5, 5.41) is 2.60. The summed E-state index contributed by atoms with van der Waals surface area (Å²) in [5.41, 5.74) is 6.91. The standard InChI is InChI=1S/C12H9NSe/c13-9-5-3-7-11-12(9)8-4-1-2-6-10(8)14-11/h1-7H,13H2. The Morgan fingerprint density at radius 3 is 2.57 bits per heavy atom. The molecule has 2 heteroatoms. The second kappa shape index (κ2) is 2.88. The van der Waals surface area contributed by atoms with E-state index in [-0.39, 0.29) is 0 Å². The van der Waals surface area contributed by atoms with Crippen LogP contribution < -0.4 is 5.73 Å². The van der Waals surface area contributed by atoms with Crippen molar-refractivity contribution in [2.24, 2.45) is 0 Å². The summed E-state index contributed by atoms with van der Waals surface area (Å²) in [7, 11) is 0. The predicted molar refractivity (Wildman–Crippen MR) is 62.8 cm³/mol. The van der Waals surface area contributed by atoms with Gasteiger partial charge in [-0.25, -0.2) is 0 Å². The summed E-state index contributed by atoms with van der Waals surface area (Å²) in [6.07, 6.45) is 0. The molecule has 0 bridgehead atoms. The van der Waals surface area contributed by atoms with Gasteiger partial charge in [0, 0.05) is 0 Å². The van der Waals surface area contributed by atoms with Crippen LogP contribution in [0.4, 0.5) is 5.69 Å². The molecule has 0 unspecified atom stereocenters. The fourth-order valence-electron chi connectivity index (χ4n) is 1.80. The number of hydrogen-bond donors (Lipinski definition) is 1. The first-order valence-electron chi connectivity index (χ1n) is 4.52. The first kappa shape index (κ1) is 8.10. The molecule has 2 N–H and O–H groups in total. The summed E-state index contributed by atoms with van der Waals surface area (Å²) in [4.78, 5) is 0. The van der Waals surface area contributed by atoms with Crippen LogP contribution >= 0.6 is 0 Å². The zero-order valence-electron chi connectivity index (χ0n) is 7.53. The molecule has 0 saturated carbocycles. The molecule has 0 spiro atoms. The van der Waals surface area contributed by atoms with Crippen LogP contribution in [0.5, 0.6) is 0 Å². The Kier molecular flexibility index (Phi) is 1.66. The normalized spacial score (nSPS) is 11.1. The van der Waals surface area contributed by atoms with Crippen molar-refractivity contribution in [3.05, 3.63) is 42.5 Å². The molecule has 2 aromatic carbocycles. The Morgan fingerprint density at radius 1 is 0.857 bits per heavy atom. The summed E-state index contributed by atoms with van der Waals surface area (Å²) in [5.74, 6) is 0. The van der Waals surface area contributed by atoms with E-state index in [1.807, 2.05) is 12.1 Å². The summed E-state index contributed by atoms with van der Waals surface area (Å²) in [6.45, 7) is 0. The van der Waals surface area contributed by atoms with Gasteiger partial charge in [0.15, 0.2) is 0 Å². The predicted octanol–water partition coefficient (Wildman–Crippen LogP) is 2.63. The zero-order valence-corrected chi connectivity index (χ0v) is 9.24. The summed E-state index contributed by atoms with van der Waals surface area (Å²) in [6, 6.07) is 14.8. The molecular weight excluding hydrogens is 237 g/mol. The number of rotatable bonds is 0. The van der Waals surface area contributed by atoms with Crippen LogP contribution in [-0.4, -0.2) is 14.5 Å². The average Bonchev–Trinajstić information content (AvgIpc) is 2.57.